The van der Waals surface area contributed by atoms with Gasteiger partial charge in [-0.2, -0.15) is 0 Å². The van der Waals surface area contributed by atoms with E-state index in [0.717, 1.165) is 12.8 Å². The molecule has 0 saturated heterocycles. The molecule has 0 aromatic carbocycles. The van der Waals surface area contributed by atoms with Crippen LogP contribution in [0.3, 0.4) is 0 Å². The lowest BCUT2D eigenvalue weighted by molar-refractivity contribution is 1.00. The molecule has 10 heavy (non-hydrogen) atoms. The molecule has 0 radical (unpaired) electrons. The largest absolute Gasteiger partial charge is 0.0860 e. The monoisotopic (exact) mass is 264 g/mol. The Morgan fingerprint density at radius 1 is 0.900 bits per heavy atom. The van der Waals surface area contributed by atoms with Gasteiger partial charge in [-0.15, -0.1) is 0 Å². The smallest absolute Gasteiger partial charge is 0.0359 e. The van der Waals surface area contributed by atoms with E-state index in [-0.39, 0.29) is 0 Å². The molecule has 0 bridgehead atoms. The highest BCUT2D eigenvalue weighted by molar-refractivity contribution is 9.09. The van der Waals surface area contributed by atoms with Gasteiger partial charge >= 0.3 is 0 Å². The lowest BCUT2D eigenvalue weighted by Crippen LogP contribution is -1.97. The molecule has 0 aromatic rings. The fourth-order valence-electron chi connectivity index (χ4n) is 0.870. The van der Waals surface area contributed by atoms with Crippen molar-refractivity contribution in [1.29, 1.82) is 0 Å². The molecule has 0 amide bonds. The summed E-state index contributed by atoms with van der Waals surface area (Å²) in [6.07, 6.45) is 11.0. The van der Waals surface area contributed by atoms with Gasteiger partial charge in [-0.05, 0) is 12.8 Å². The summed E-state index contributed by atoms with van der Waals surface area (Å²) in [6, 6.07) is 0. The van der Waals surface area contributed by atoms with E-state index in [0.29, 0.717) is 9.65 Å². The fourth-order valence-corrected chi connectivity index (χ4v) is 1.73. The van der Waals surface area contributed by atoms with Gasteiger partial charge in [-0.1, -0.05) is 56.2 Å². The highest BCUT2D eigenvalue weighted by atomic mass is 79.9. The molecule has 0 heterocycles. The summed E-state index contributed by atoms with van der Waals surface area (Å²) in [7, 11) is 0. The normalized spacial score (nSPS) is 39.8. The van der Waals surface area contributed by atoms with Crippen molar-refractivity contribution in [3.63, 3.8) is 0 Å². The van der Waals surface area contributed by atoms with E-state index in [1.54, 1.807) is 0 Å². The van der Waals surface area contributed by atoms with Gasteiger partial charge in [0.1, 0.15) is 0 Å². The van der Waals surface area contributed by atoms with Crippen LogP contribution in [0.4, 0.5) is 0 Å². The summed E-state index contributed by atoms with van der Waals surface area (Å²) in [5.74, 6) is 0. The second-order valence-electron chi connectivity index (χ2n) is 2.36. The molecule has 56 valence electrons. The van der Waals surface area contributed by atoms with Crippen LogP contribution in [-0.4, -0.2) is 9.65 Å². The van der Waals surface area contributed by atoms with Gasteiger partial charge < -0.3 is 0 Å². The Morgan fingerprint density at radius 2 is 1.30 bits per heavy atom. The van der Waals surface area contributed by atoms with Crippen molar-refractivity contribution in [1.82, 2.24) is 0 Å². The van der Waals surface area contributed by atoms with Gasteiger partial charge in [0.25, 0.3) is 0 Å². The van der Waals surface area contributed by atoms with Crippen LogP contribution in [0.25, 0.3) is 0 Å². The molecule has 0 saturated carbocycles. The molecule has 2 atom stereocenters. The average Bonchev–Trinajstić information content (AvgIpc) is 1.84. The third-order valence-corrected chi connectivity index (χ3v) is 2.77. The molecule has 0 aliphatic heterocycles. The Bertz CT molecular complexity index is 131. The first-order valence-electron chi connectivity index (χ1n) is 3.40. The third-order valence-electron chi connectivity index (χ3n) is 1.41. The number of allylic oxidation sites excluding steroid dienone is 4. The average molecular weight is 266 g/mol. The summed E-state index contributed by atoms with van der Waals surface area (Å²) >= 11 is 7.08. The molecular formula is C8H10Br2. The third kappa shape index (κ3) is 3.02. The Morgan fingerprint density at radius 3 is 1.70 bits per heavy atom. The molecule has 0 unspecified atom stereocenters. The maximum Gasteiger partial charge on any atom is 0.0359 e. The van der Waals surface area contributed by atoms with E-state index in [1.165, 1.54) is 0 Å². The van der Waals surface area contributed by atoms with Crippen molar-refractivity contribution in [3.05, 3.63) is 24.3 Å². The van der Waals surface area contributed by atoms with Crippen molar-refractivity contribution < 1.29 is 0 Å². The van der Waals surface area contributed by atoms with Crippen LogP contribution < -0.4 is 0 Å². The zero-order valence-electron chi connectivity index (χ0n) is 5.63. The molecule has 1 aliphatic rings. The van der Waals surface area contributed by atoms with Gasteiger partial charge in [0, 0.05) is 9.65 Å². The number of alkyl halides is 2. The highest BCUT2D eigenvalue weighted by Crippen LogP contribution is 2.16. The Kier molecular flexibility index (Phi) is 3.71. The van der Waals surface area contributed by atoms with Crippen LogP contribution in [0.1, 0.15) is 12.8 Å². The van der Waals surface area contributed by atoms with Crippen LogP contribution in [0.5, 0.6) is 0 Å². The number of rotatable bonds is 0. The molecule has 2 heteroatoms. The Hall–Kier alpha value is 0.440. The molecule has 1 rings (SSSR count). The summed E-state index contributed by atoms with van der Waals surface area (Å²) in [4.78, 5) is 1.06. The SMILES string of the molecule is Br[C@@H]1/C=C\C[C@H](Br)/C=C\C1. The fraction of sp³-hybridized carbons (Fsp3) is 0.500. The van der Waals surface area contributed by atoms with Crippen molar-refractivity contribution >= 4 is 31.9 Å². The Balaban J connectivity index is 2.48. The first kappa shape index (κ1) is 8.54. The van der Waals surface area contributed by atoms with Crippen molar-refractivity contribution in [2.45, 2.75) is 22.5 Å². The van der Waals surface area contributed by atoms with Gasteiger partial charge in [0.05, 0.1) is 0 Å². The molecule has 0 N–H and O–H groups in total. The molecule has 0 spiro atoms. The maximum atomic E-state index is 3.54. The van der Waals surface area contributed by atoms with Gasteiger partial charge in [-0.3, -0.25) is 0 Å². The minimum atomic E-state index is 0.531. The molecule has 0 fully saturated rings. The zero-order chi connectivity index (χ0) is 7.40. The standard InChI is InChI=1S/C8H10Br2/c9-7-3-1-4-8(10)6-2-5-7/h1-3,6-8H,4-5H2/b3-1-,6-2-/t7-,8+/m1/s1. The minimum absolute atomic E-state index is 0.531. The topological polar surface area (TPSA) is 0 Å². The highest BCUT2D eigenvalue weighted by Gasteiger charge is 2.01. The summed E-state index contributed by atoms with van der Waals surface area (Å²) in [6.45, 7) is 0. The maximum absolute atomic E-state index is 3.54. The van der Waals surface area contributed by atoms with Crippen molar-refractivity contribution in [2.24, 2.45) is 0 Å². The van der Waals surface area contributed by atoms with Crippen LogP contribution in [0, 0.1) is 0 Å². The predicted molar refractivity (Wildman–Crippen MR) is 52.9 cm³/mol. The lowest BCUT2D eigenvalue weighted by Gasteiger charge is -2.05. The summed E-state index contributed by atoms with van der Waals surface area (Å²) < 4.78 is 0. The minimum Gasteiger partial charge on any atom is -0.0860 e. The molecular weight excluding hydrogens is 256 g/mol. The second-order valence-corrected chi connectivity index (χ2v) is 4.71. The van der Waals surface area contributed by atoms with E-state index in [9.17, 15) is 0 Å². The van der Waals surface area contributed by atoms with E-state index in [2.05, 4.69) is 56.2 Å². The van der Waals surface area contributed by atoms with Crippen molar-refractivity contribution in [2.75, 3.05) is 0 Å². The summed E-state index contributed by atoms with van der Waals surface area (Å²) in [5, 5.41) is 0. The van der Waals surface area contributed by atoms with Crippen LogP contribution in [0.2, 0.25) is 0 Å². The Labute approximate surface area is 78.6 Å². The van der Waals surface area contributed by atoms with Crippen LogP contribution in [0.15, 0.2) is 24.3 Å². The van der Waals surface area contributed by atoms with Gasteiger partial charge in [0.15, 0.2) is 0 Å². The van der Waals surface area contributed by atoms with Gasteiger partial charge in [0.2, 0.25) is 0 Å². The van der Waals surface area contributed by atoms with Crippen molar-refractivity contribution in [3.8, 4) is 0 Å². The van der Waals surface area contributed by atoms with E-state index in [4.69, 9.17) is 0 Å². The molecule has 1 aliphatic carbocycles. The number of hydrogen-bond donors (Lipinski definition) is 0. The molecule has 0 nitrogen and oxygen atoms in total. The lowest BCUT2D eigenvalue weighted by atomic mass is 10.1. The van der Waals surface area contributed by atoms with E-state index in [1.807, 2.05) is 0 Å². The predicted octanol–water partition coefficient (Wildman–Crippen LogP) is 3.42. The van der Waals surface area contributed by atoms with Crippen LogP contribution >= 0.6 is 31.9 Å². The van der Waals surface area contributed by atoms with E-state index < -0.39 is 0 Å². The van der Waals surface area contributed by atoms with Gasteiger partial charge in [-0.25, -0.2) is 0 Å². The number of hydrogen-bond acceptors (Lipinski definition) is 0. The zero-order valence-corrected chi connectivity index (χ0v) is 8.81. The second kappa shape index (κ2) is 4.35. The summed E-state index contributed by atoms with van der Waals surface area (Å²) in [5.41, 5.74) is 0. The number of halogens is 2. The quantitative estimate of drug-likeness (QED) is 0.465. The van der Waals surface area contributed by atoms with Crippen LogP contribution in [-0.2, 0) is 0 Å². The first-order chi connectivity index (χ1) is 4.79. The molecule has 0 aromatic heterocycles. The first-order valence-corrected chi connectivity index (χ1v) is 5.23. The van der Waals surface area contributed by atoms with E-state index >= 15 is 0 Å².